The van der Waals surface area contributed by atoms with Crippen LogP contribution in [-0.2, 0) is 7.05 Å². The SMILES string of the molecule is Cn1cnc(-c2cccc(Br)c2)c1C#N. The Balaban J connectivity index is 2.60. The number of nitrogens with zero attached hydrogens (tertiary/aromatic N) is 3. The molecule has 0 fully saturated rings. The third-order valence-electron chi connectivity index (χ3n) is 2.14. The maximum absolute atomic E-state index is 9.00. The molecule has 0 spiro atoms. The number of aromatic nitrogens is 2. The zero-order chi connectivity index (χ0) is 10.8. The quantitative estimate of drug-likeness (QED) is 0.792. The third-order valence-corrected chi connectivity index (χ3v) is 2.63. The summed E-state index contributed by atoms with van der Waals surface area (Å²) in [7, 11) is 1.81. The summed E-state index contributed by atoms with van der Waals surface area (Å²) in [5.74, 6) is 0. The second-order valence-electron chi connectivity index (χ2n) is 3.17. The van der Waals surface area contributed by atoms with Gasteiger partial charge in [0, 0.05) is 17.1 Å². The number of aryl methyl sites for hydroxylation is 1. The predicted molar refractivity (Wildman–Crippen MR) is 61.1 cm³/mol. The molecule has 0 saturated carbocycles. The molecule has 4 heteroatoms. The molecular formula is C11H8BrN3. The van der Waals surface area contributed by atoms with E-state index < -0.39 is 0 Å². The Hall–Kier alpha value is -1.60. The van der Waals surface area contributed by atoms with Gasteiger partial charge in [-0.1, -0.05) is 28.1 Å². The summed E-state index contributed by atoms with van der Waals surface area (Å²) in [5, 5.41) is 9.00. The molecule has 0 unspecified atom stereocenters. The van der Waals surface area contributed by atoms with Gasteiger partial charge >= 0.3 is 0 Å². The molecule has 0 aliphatic heterocycles. The van der Waals surface area contributed by atoms with Crippen LogP contribution >= 0.6 is 15.9 Å². The van der Waals surface area contributed by atoms with E-state index in [4.69, 9.17) is 5.26 Å². The zero-order valence-corrected chi connectivity index (χ0v) is 9.69. The van der Waals surface area contributed by atoms with Crippen molar-refractivity contribution in [2.45, 2.75) is 0 Å². The maximum Gasteiger partial charge on any atom is 0.147 e. The van der Waals surface area contributed by atoms with Crippen LogP contribution in [0.4, 0.5) is 0 Å². The minimum absolute atomic E-state index is 0.577. The average molecular weight is 262 g/mol. The van der Waals surface area contributed by atoms with Crippen molar-refractivity contribution in [3.63, 3.8) is 0 Å². The Morgan fingerprint density at radius 1 is 1.47 bits per heavy atom. The summed E-state index contributed by atoms with van der Waals surface area (Å²) in [4.78, 5) is 4.22. The normalized spacial score (nSPS) is 9.93. The number of imidazole rings is 1. The number of halogens is 1. The van der Waals surface area contributed by atoms with Gasteiger partial charge in [0.2, 0.25) is 0 Å². The van der Waals surface area contributed by atoms with Crippen molar-refractivity contribution in [2.24, 2.45) is 7.05 Å². The van der Waals surface area contributed by atoms with E-state index >= 15 is 0 Å². The molecular weight excluding hydrogens is 254 g/mol. The fourth-order valence-electron chi connectivity index (χ4n) is 1.41. The summed E-state index contributed by atoms with van der Waals surface area (Å²) in [5.41, 5.74) is 2.25. The van der Waals surface area contributed by atoms with E-state index in [9.17, 15) is 0 Å². The highest BCUT2D eigenvalue weighted by atomic mass is 79.9. The van der Waals surface area contributed by atoms with E-state index in [1.807, 2.05) is 31.3 Å². The van der Waals surface area contributed by atoms with Crippen molar-refractivity contribution in [3.8, 4) is 17.3 Å². The van der Waals surface area contributed by atoms with Crippen LogP contribution in [0, 0.1) is 11.3 Å². The first-order chi connectivity index (χ1) is 7.22. The maximum atomic E-state index is 9.00. The highest BCUT2D eigenvalue weighted by Crippen LogP contribution is 2.23. The van der Waals surface area contributed by atoms with Crippen LogP contribution in [0.25, 0.3) is 11.3 Å². The molecule has 0 radical (unpaired) electrons. The second kappa shape index (κ2) is 3.87. The highest BCUT2D eigenvalue weighted by Gasteiger charge is 2.10. The predicted octanol–water partition coefficient (Wildman–Crippen LogP) is 2.72. The van der Waals surface area contributed by atoms with E-state index in [1.165, 1.54) is 0 Å². The van der Waals surface area contributed by atoms with Crippen LogP contribution in [-0.4, -0.2) is 9.55 Å². The minimum atomic E-state index is 0.577. The van der Waals surface area contributed by atoms with Crippen LogP contribution < -0.4 is 0 Å². The lowest BCUT2D eigenvalue weighted by Gasteiger charge is -1.99. The van der Waals surface area contributed by atoms with E-state index in [0.717, 1.165) is 15.7 Å². The van der Waals surface area contributed by atoms with E-state index in [1.54, 1.807) is 10.9 Å². The van der Waals surface area contributed by atoms with Gasteiger partial charge < -0.3 is 4.57 Å². The molecule has 15 heavy (non-hydrogen) atoms. The van der Waals surface area contributed by atoms with E-state index in [2.05, 4.69) is 27.0 Å². The summed E-state index contributed by atoms with van der Waals surface area (Å²) in [6, 6.07) is 9.90. The van der Waals surface area contributed by atoms with Crippen molar-refractivity contribution in [1.29, 1.82) is 5.26 Å². The summed E-state index contributed by atoms with van der Waals surface area (Å²) < 4.78 is 2.70. The Labute approximate surface area is 96.1 Å². The summed E-state index contributed by atoms with van der Waals surface area (Å²) in [6.07, 6.45) is 1.65. The van der Waals surface area contributed by atoms with Gasteiger partial charge in [-0.15, -0.1) is 0 Å². The van der Waals surface area contributed by atoms with Crippen LogP contribution in [0.3, 0.4) is 0 Å². The molecule has 0 amide bonds. The van der Waals surface area contributed by atoms with Crippen LogP contribution in [0.15, 0.2) is 35.1 Å². The molecule has 0 aliphatic carbocycles. The number of nitriles is 1. The largest absolute Gasteiger partial charge is 0.325 e. The van der Waals surface area contributed by atoms with Crippen molar-refractivity contribution in [1.82, 2.24) is 9.55 Å². The van der Waals surface area contributed by atoms with Crippen molar-refractivity contribution in [3.05, 3.63) is 40.8 Å². The Morgan fingerprint density at radius 3 is 2.93 bits per heavy atom. The molecule has 1 aromatic carbocycles. The molecule has 3 nitrogen and oxygen atoms in total. The van der Waals surface area contributed by atoms with Gasteiger partial charge in [-0.25, -0.2) is 4.98 Å². The zero-order valence-electron chi connectivity index (χ0n) is 8.11. The lowest BCUT2D eigenvalue weighted by atomic mass is 10.1. The average Bonchev–Trinajstić information content (AvgIpc) is 2.59. The number of benzene rings is 1. The summed E-state index contributed by atoms with van der Waals surface area (Å²) in [6.45, 7) is 0. The highest BCUT2D eigenvalue weighted by molar-refractivity contribution is 9.10. The first-order valence-corrected chi connectivity index (χ1v) is 5.19. The molecule has 2 aromatic rings. The lowest BCUT2D eigenvalue weighted by molar-refractivity contribution is 0.897. The fourth-order valence-corrected chi connectivity index (χ4v) is 1.81. The molecule has 1 aromatic heterocycles. The smallest absolute Gasteiger partial charge is 0.147 e. The molecule has 0 saturated heterocycles. The molecule has 1 heterocycles. The van der Waals surface area contributed by atoms with Crippen molar-refractivity contribution >= 4 is 15.9 Å². The van der Waals surface area contributed by atoms with Crippen LogP contribution in [0.1, 0.15) is 5.69 Å². The second-order valence-corrected chi connectivity index (χ2v) is 4.09. The van der Waals surface area contributed by atoms with Gasteiger partial charge in [0.1, 0.15) is 17.5 Å². The van der Waals surface area contributed by atoms with Crippen LogP contribution in [0.2, 0.25) is 0 Å². The molecule has 0 bridgehead atoms. The first kappa shape index (κ1) is 9.94. The van der Waals surface area contributed by atoms with E-state index in [-0.39, 0.29) is 0 Å². The van der Waals surface area contributed by atoms with Crippen molar-refractivity contribution in [2.75, 3.05) is 0 Å². The number of rotatable bonds is 1. The van der Waals surface area contributed by atoms with Crippen molar-refractivity contribution < 1.29 is 0 Å². The van der Waals surface area contributed by atoms with Gasteiger partial charge in [0.25, 0.3) is 0 Å². The van der Waals surface area contributed by atoms with Crippen LogP contribution in [0.5, 0.6) is 0 Å². The monoisotopic (exact) mass is 261 g/mol. The molecule has 0 atom stereocenters. The number of hydrogen-bond donors (Lipinski definition) is 0. The first-order valence-electron chi connectivity index (χ1n) is 4.39. The molecule has 2 rings (SSSR count). The van der Waals surface area contributed by atoms with Gasteiger partial charge in [-0.05, 0) is 12.1 Å². The van der Waals surface area contributed by atoms with E-state index in [0.29, 0.717) is 5.69 Å². The fraction of sp³-hybridized carbons (Fsp3) is 0.0909. The minimum Gasteiger partial charge on any atom is -0.325 e. The Morgan fingerprint density at radius 2 is 2.27 bits per heavy atom. The van der Waals surface area contributed by atoms with Gasteiger partial charge in [0.15, 0.2) is 0 Å². The summed E-state index contributed by atoms with van der Waals surface area (Å²) >= 11 is 3.40. The topological polar surface area (TPSA) is 41.6 Å². The molecule has 74 valence electrons. The number of hydrogen-bond acceptors (Lipinski definition) is 2. The van der Waals surface area contributed by atoms with Gasteiger partial charge in [-0.2, -0.15) is 5.26 Å². The third kappa shape index (κ3) is 1.79. The van der Waals surface area contributed by atoms with Gasteiger partial charge in [0.05, 0.1) is 6.33 Å². The Kier molecular flexibility index (Phi) is 2.57. The molecule has 0 aliphatic rings. The molecule has 0 N–H and O–H groups in total. The Bertz CT molecular complexity index is 537. The van der Waals surface area contributed by atoms with Gasteiger partial charge in [-0.3, -0.25) is 0 Å². The lowest BCUT2D eigenvalue weighted by Crippen LogP contribution is -1.90. The standard InChI is InChI=1S/C11H8BrN3/c1-15-7-14-11(10(15)6-13)8-3-2-4-9(12)5-8/h2-5,7H,1H3.